The molecule has 92 valence electrons. The minimum Gasteiger partial charge on any atom is -0.475 e. The normalized spacial score (nSPS) is 16.0. The Bertz CT molecular complexity index is 421. The second-order valence-corrected chi connectivity index (χ2v) is 4.24. The second-order valence-electron chi connectivity index (χ2n) is 4.24. The molecule has 1 aliphatic carbocycles. The van der Waals surface area contributed by atoms with Crippen molar-refractivity contribution < 1.29 is 19.2 Å². The van der Waals surface area contributed by atoms with Gasteiger partial charge in [-0.2, -0.15) is 0 Å². The summed E-state index contributed by atoms with van der Waals surface area (Å²) in [5.74, 6) is -1.40. The largest absolute Gasteiger partial charge is 0.475 e. The highest BCUT2D eigenvalue weighted by molar-refractivity contribution is 5.94. The van der Waals surface area contributed by atoms with Gasteiger partial charge in [0.25, 0.3) is 5.91 Å². The van der Waals surface area contributed by atoms with Crippen molar-refractivity contribution in [2.75, 3.05) is 6.54 Å². The van der Waals surface area contributed by atoms with Gasteiger partial charge in [0.1, 0.15) is 0 Å². The number of aromatic carboxylic acids is 1. The minimum absolute atomic E-state index is 0.0143. The van der Waals surface area contributed by atoms with Crippen LogP contribution in [0.2, 0.25) is 0 Å². The summed E-state index contributed by atoms with van der Waals surface area (Å²) in [5.41, 5.74) is 0.0143. The van der Waals surface area contributed by atoms with Crippen molar-refractivity contribution >= 4 is 11.9 Å². The monoisotopic (exact) mass is 238 g/mol. The Labute approximate surface area is 98.0 Å². The number of nitrogens with zero attached hydrogens (tertiary/aromatic N) is 1. The van der Waals surface area contributed by atoms with Crippen LogP contribution >= 0.6 is 0 Å². The van der Waals surface area contributed by atoms with Gasteiger partial charge in [-0.05, 0) is 18.8 Å². The van der Waals surface area contributed by atoms with E-state index in [4.69, 9.17) is 5.11 Å². The number of hydrogen-bond donors (Lipinski definition) is 2. The number of hydrogen-bond acceptors (Lipinski definition) is 4. The van der Waals surface area contributed by atoms with Crippen molar-refractivity contribution in [3.05, 3.63) is 17.5 Å². The molecule has 1 aromatic rings. The summed E-state index contributed by atoms with van der Waals surface area (Å²) in [6, 6.07) is 1.13. The molecule has 2 N–H and O–H groups in total. The average molecular weight is 238 g/mol. The maximum Gasteiger partial charge on any atom is 0.374 e. The van der Waals surface area contributed by atoms with E-state index in [0.29, 0.717) is 12.5 Å². The maximum atomic E-state index is 11.6. The summed E-state index contributed by atoms with van der Waals surface area (Å²) in [5, 5.41) is 14.8. The molecule has 1 fully saturated rings. The van der Waals surface area contributed by atoms with Crippen LogP contribution in [0.4, 0.5) is 0 Å². The number of carbonyl (C=O) groups is 2. The van der Waals surface area contributed by atoms with Gasteiger partial charge in [-0.25, -0.2) is 4.79 Å². The molecule has 17 heavy (non-hydrogen) atoms. The molecule has 1 aromatic heterocycles. The van der Waals surface area contributed by atoms with E-state index in [2.05, 4.69) is 15.0 Å². The van der Waals surface area contributed by atoms with Gasteiger partial charge in [0, 0.05) is 12.6 Å². The third-order valence-corrected chi connectivity index (χ3v) is 2.98. The molecular weight excluding hydrogens is 224 g/mol. The Morgan fingerprint density at radius 3 is 2.76 bits per heavy atom. The molecular formula is C11H14N2O4. The number of rotatable bonds is 4. The van der Waals surface area contributed by atoms with Crippen LogP contribution in [0.15, 0.2) is 10.6 Å². The van der Waals surface area contributed by atoms with Gasteiger partial charge in [-0.1, -0.05) is 18.0 Å². The summed E-state index contributed by atoms with van der Waals surface area (Å²) in [6.07, 6.45) is 4.71. The predicted octanol–water partition coefficient (Wildman–Crippen LogP) is 1.29. The van der Waals surface area contributed by atoms with E-state index in [1.165, 1.54) is 12.8 Å². The Morgan fingerprint density at radius 1 is 1.47 bits per heavy atom. The number of carboxylic acid groups (broad SMARTS) is 1. The lowest BCUT2D eigenvalue weighted by Gasteiger charge is -2.08. The van der Waals surface area contributed by atoms with Crippen LogP contribution in [0.25, 0.3) is 0 Å². The Hall–Kier alpha value is -1.85. The predicted molar refractivity (Wildman–Crippen MR) is 57.8 cm³/mol. The average Bonchev–Trinajstić information content (AvgIpc) is 2.96. The molecule has 0 unspecified atom stereocenters. The molecule has 0 radical (unpaired) electrons. The zero-order chi connectivity index (χ0) is 12.3. The number of aromatic nitrogens is 1. The summed E-state index contributed by atoms with van der Waals surface area (Å²) in [7, 11) is 0. The standard InChI is InChI=1S/C11H14N2O4/c14-10(12-6-7-3-1-2-4-7)8-5-9(11(15)16)17-13-8/h5,7H,1-4,6H2,(H,12,14)(H,15,16). The third-order valence-electron chi connectivity index (χ3n) is 2.98. The highest BCUT2D eigenvalue weighted by atomic mass is 16.5. The molecule has 0 atom stereocenters. The molecule has 1 heterocycles. The first kappa shape index (κ1) is 11.6. The molecule has 0 aliphatic heterocycles. The van der Waals surface area contributed by atoms with E-state index in [-0.39, 0.29) is 17.4 Å². The second kappa shape index (κ2) is 4.99. The van der Waals surface area contributed by atoms with Gasteiger partial charge in [-0.3, -0.25) is 4.79 Å². The molecule has 0 aromatic carbocycles. The topological polar surface area (TPSA) is 92.4 Å². The fraction of sp³-hybridized carbons (Fsp3) is 0.545. The molecule has 6 heteroatoms. The summed E-state index contributed by atoms with van der Waals surface area (Å²) in [4.78, 5) is 22.1. The number of amides is 1. The zero-order valence-electron chi connectivity index (χ0n) is 9.31. The van der Waals surface area contributed by atoms with Crippen LogP contribution in [0.5, 0.6) is 0 Å². The Kier molecular flexibility index (Phi) is 3.41. The smallest absolute Gasteiger partial charge is 0.374 e. The molecule has 2 rings (SSSR count). The van der Waals surface area contributed by atoms with Crippen molar-refractivity contribution in [3.8, 4) is 0 Å². The lowest BCUT2D eigenvalue weighted by atomic mass is 10.1. The van der Waals surface area contributed by atoms with Crippen LogP contribution < -0.4 is 5.32 Å². The van der Waals surface area contributed by atoms with Crippen molar-refractivity contribution in [2.45, 2.75) is 25.7 Å². The maximum absolute atomic E-state index is 11.6. The zero-order valence-corrected chi connectivity index (χ0v) is 9.31. The number of nitrogens with one attached hydrogen (secondary N) is 1. The van der Waals surface area contributed by atoms with E-state index in [1.54, 1.807) is 0 Å². The minimum atomic E-state index is -1.23. The van der Waals surface area contributed by atoms with Gasteiger partial charge < -0.3 is 14.9 Å². The number of carbonyl (C=O) groups excluding carboxylic acids is 1. The molecule has 1 amide bonds. The van der Waals surface area contributed by atoms with Gasteiger partial charge in [0.05, 0.1) is 0 Å². The van der Waals surface area contributed by atoms with Crippen molar-refractivity contribution in [1.82, 2.24) is 10.5 Å². The van der Waals surface area contributed by atoms with E-state index in [9.17, 15) is 9.59 Å². The lowest BCUT2D eigenvalue weighted by molar-refractivity contribution is 0.0651. The van der Waals surface area contributed by atoms with Gasteiger partial charge in [0.15, 0.2) is 5.69 Å². The van der Waals surface area contributed by atoms with E-state index >= 15 is 0 Å². The summed E-state index contributed by atoms with van der Waals surface area (Å²) >= 11 is 0. The summed E-state index contributed by atoms with van der Waals surface area (Å²) < 4.78 is 4.51. The Morgan fingerprint density at radius 2 is 2.18 bits per heavy atom. The number of carboxylic acids is 1. The molecule has 1 saturated carbocycles. The SMILES string of the molecule is O=C(NCC1CCCC1)c1cc(C(=O)O)on1. The van der Waals surface area contributed by atoms with E-state index < -0.39 is 5.97 Å². The molecule has 0 bridgehead atoms. The van der Waals surface area contributed by atoms with Gasteiger partial charge in [-0.15, -0.1) is 0 Å². The van der Waals surface area contributed by atoms with Gasteiger partial charge >= 0.3 is 5.97 Å². The van der Waals surface area contributed by atoms with Crippen LogP contribution in [0.1, 0.15) is 46.7 Å². The van der Waals surface area contributed by atoms with Crippen LogP contribution in [-0.4, -0.2) is 28.7 Å². The van der Waals surface area contributed by atoms with Gasteiger partial charge in [0.2, 0.25) is 5.76 Å². The molecule has 1 aliphatic rings. The molecule has 6 nitrogen and oxygen atoms in total. The Balaban J connectivity index is 1.87. The quantitative estimate of drug-likeness (QED) is 0.824. The fourth-order valence-electron chi connectivity index (χ4n) is 2.03. The molecule has 0 saturated heterocycles. The highest BCUT2D eigenvalue weighted by Gasteiger charge is 2.19. The van der Waals surface area contributed by atoms with Crippen LogP contribution in [-0.2, 0) is 0 Å². The fourth-order valence-corrected chi connectivity index (χ4v) is 2.03. The van der Waals surface area contributed by atoms with E-state index in [0.717, 1.165) is 18.9 Å². The van der Waals surface area contributed by atoms with Crippen LogP contribution in [0.3, 0.4) is 0 Å². The third kappa shape index (κ3) is 2.83. The first-order chi connectivity index (χ1) is 8.16. The van der Waals surface area contributed by atoms with Crippen molar-refractivity contribution in [3.63, 3.8) is 0 Å². The first-order valence-electron chi connectivity index (χ1n) is 5.65. The van der Waals surface area contributed by atoms with E-state index in [1.807, 2.05) is 0 Å². The first-order valence-corrected chi connectivity index (χ1v) is 5.65. The lowest BCUT2D eigenvalue weighted by Crippen LogP contribution is -2.28. The highest BCUT2D eigenvalue weighted by Crippen LogP contribution is 2.23. The summed E-state index contributed by atoms with van der Waals surface area (Å²) in [6.45, 7) is 0.619. The van der Waals surface area contributed by atoms with Crippen molar-refractivity contribution in [1.29, 1.82) is 0 Å². The molecule has 0 spiro atoms. The van der Waals surface area contributed by atoms with Crippen LogP contribution in [0, 0.1) is 5.92 Å². The van der Waals surface area contributed by atoms with Crippen molar-refractivity contribution in [2.24, 2.45) is 5.92 Å².